The third-order valence-electron chi connectivity index (χ3n) is 8.10. The van der Waals surface area contributed by atoms with Crippen LogP contribution < -0.4 is 14.8 Å². The Kier molecular flexibility index (Phi) is 12.5. The van der Waals surface area contributed by atoms with Gasteiger partial charge < -0.3 is 28.7 Å². The van der Waals surface area contributed by atoms with Gasteiger partial charge in [0.2, 0.25) is 0 Å². The number of rotatable bonds is 14. The molecule has 0 saturated carbocycles. The lowest BCUT2D eigenvalue weighted by molar-refractivity contribution is -0.149. The molecule has 3 aromatic carbocycles. The lowest BCUT2D eigenvalue weighted by atomic mass is 9.87. The summed E-state index contributed by atoms with van der Waals surface area (Å²) in [6, 6.07) is 25.3. The van der Waals surface area contributed by atoms with Crippen molar-refractivity contribution in [3.8, 4) is 11.5 Å². The Morgan fingerprint density at radius 1 is 0.739 bits per heavy atom. The number of methoxy groups -OCH3 is 1. The molecule has 46 heavy (non-hydrogen) atoms. The minimum Gasteiger partial charge on any atom is -0.485 e. The molecule has 0 aliphatic carbocycles. The highest BCUT2D eigenvalue weighted by molar-refractivity contribution is 6.74. The van der Waals surface area contributed by atoms with Crippen LogP contribution in [0.5, 0.6) is 11.5 Å². The third kappa shape index (κ3) is 10.9. The number of alkyl carbamates (subject to hydrolysis) is 1. The van der Waals surface area contributed by atoms with Crippen molar-refractivity contribution in [1.29, 1.82) is 0 Å². The third-order valence-corrected chi connectivity index (χ3v) is 12.6. The molecule has 3 aromatic rings. The zero-order valence-electron chi connectivity index (χ0n) is 28.9. The quantitative estimate of drug-likeness (QED) is 0.139. The van der Waals surface area contributed by atoms with E-state index < -0.39 is 31.5 Å². The molecule has 1 N–H and O–H groups in total. The Balaban J connectivity index is 1.98. The SMILES string of the molecule is COC(=O)[C@@](CCO[Si](C)(C)C(C)(C)C)(Cc1ccc(OCc2ccccc2)c(OCc2ccccc2)c1)NC(=O)OC(C)(C)C. The molecular weight excluding hydrogens is 598 g/mol. The number of esters is 1. The van der Waals surface area contributed by atoms with Crippen molar-refractivity contribution in [2.75, 3.05) is 13.7 Å². The topological polar surface area (TPSA) is 92.3 Å². The van der Waals surface area contributed by atoms with E-state index in [2.05, 4.69) is 39.2 Å². The molecule has 1 atom stereocenters. The van der Waals surface area contributed by atoms with Crippen molar-refractivity contribution < 1.29 is 33.0 Å². The van der Waals surface area contributed by atoms with E-state index in [-0.39, 0.29) is 24.5 Å². The Bertz CT molecular complexity index is 1420. The average molecular weight is 650 g/mol. The predicted octanol–water partition coefficient (Wildman–Crippen LogP) is 8.24. The largest absolute Gasteiger partial charge is 0.485 e. The molecule has 0 unspecified atom stereocenters. The summed E-state index contributed by atoms with van der Waals surface area (Å²) in [5.41, 5.74) is 0.528. The molecule has 8 nitrogen and oxygen atoms in total. The standard InChI is InChI=1S/C37H51NO7Si/c1-35(2,3)45-34(40)38-37(33(39)41-7,22-23-44-46(8,9)36(4,5)6)25-30-20-21-31(42-26-28-16-12-10-13-17-28)32(24-30)43-27-29-18-14-11-15-19-29/h10-21,24H,22-23,25-27H2,1-9H3,(H,38,40)/t37-/m1/s1. The zero-order valence-corrected chi connectivity index (χ0v) is 29.9. The molecule has 1 amide bonds. The van der Waals surface area contributed by atoms with Crippen LogP contribution in [-0.4, -0.2) is 45.2 Å². The number of carbonyl (C=O) groups is 2. The van der Waals surface area contributed by atoms with Gasteiger partial charge in [-0.25, -0.2) is 9.59 Å². The minimum atomic E-state index is -2.15. The number of benzene rings is 3. The fraction of sp³-hybridized carbons (Fsp3) is 0.459. The summed E-state index contributed by atoms with van der Waals surface area (Å²) in [7, 11) is -0.832. The Morgan fingerprint density at radius 3 is 1.78 bits per heavy atom. The van der Waals surface area contributed by atoms with Crippen molar-refractivity contribution in [2.45, 2.75) is 96.9 Å². The highest BCUT2D eigenvalue weighted by Crippen LogP contribution is 2.37. The van der Waals surface area contributed by atoms with Gasteiger partial charge in [0.1, 0.15) is 24.4 Å². The number of hydrogen-bond donors (Lipinski definition) is 1. The first-order valence-electron chi connectivity index (χ1n) is 15.7. The van der Waals surface area contributed by atoms with Gasteiger partial charge in [-0.15, -0.1) is 0 Å². The molecule has 3 rings (SSSR count). The van der Waals surface area contributed by atoms with Gasteiger partial charge in [0.25, 0.3) is 0 Å². The fourth-order valence-electron chi connectivity index (χ4n) is 4.53. The number of ether oxygens (including phenoxy) is 4. The second-order valence-electron chi connectivity index (χ2n) is 14.1. The van der Waals surface area contributed by atoms with Gasteiger partial charge in [0.15, 0.2) is 19.8 Å². The summed E-state index contributed by atoms with van der Waals surface area (Å²) < 4.78 is 29.9. The van der Waals surface area contributed by atoms with Gasteiger partial charge in [-0.2, -0.15) is 0 Å². The first kappa shape index (κ1) is 36.6. The molecule has 0 radical (unpaired) electrons. The van der Waals surface area contributed by atoms with E-state index in [1.165, 1.54) is 7.11 Å². The Hall–Kier alpha value is -3.82. The van der Waals surface area contributed by atoms with Gasteiger partial charge in [0, 0.05) is 19.4 Å². The number of amides is 1. The average Bonchev–Trinajstić information content (AvgIpc) is 2.98. The molecule has 0 spiro atoms. The van der Waals surface area contributed by atoms with Crippen LogP contribution in [0.1, 0.15) is 64.7 Å². The number of carbonyl (C=O) groups excluding carboxylic acids is 2. The molecule has 0 bridgehead atoms. The molecule has 9 heteroatoms. The Morgan fingerprint density at radius 2 is 1.28 bits per heavy atom. The van der Waals surface area contributed by atoms with Crippen LogP contribution in [0.2, 0.25) is 18.1 Å². The van der Waals surface area contributed by atoms with E-state index in [9.17, 15) is 9.59 Å². The summed E-state index contributed by atoms with van der Waals surface area (Å²) >= 11 is 0. The summed E-state index contributed by atoms with van der Waals surface area (Å²) in [6.07, 6.45) is -0.424. The van der Waals surface area contributed by atoms with E-state index in [4.69, 9.17) is 23.4 Å². The first-order chi connectivity index (χ1) is 21.5. The molecular formula is C37H51NO7Si. The fourth-order valence-corrected chi connectivity index (χ4v) is 5.57. The summed E-state index contributed by atoms with van der Waals surface area (Å²) in [4.78, 5) is 26.8. The van der Waals surface area contributed by atoms with Crippen molar-refractivity contribution >= 4 is 20.4 Å². The Labute approximate surface area is 275 Å². The second kappa shape index (κ2) is 15.6. The number of nitrogens with one attached hydrogen (secondary N) is 1. The molecule has 0 aromatic heterocycles. The molecule has 0 heterocycles. The van der Waals surface area contributed by atoms with Crippen LogP contribution in [0.3, 0.4) is 0 Å². The first-order valence-corrected chi connectivity index (χ1v) is 18.6. The maximum absolute atomic E-state index is 13.6. The van der Waals surface area contributed by atoms with Gasteiger partial charge >= 0.3 is 12.1 Å². The highest BCUT2D eigenvalue weighted by Gasteiger charge is 2.44. The van der Waals surface area contributed by atoms with Crippen LogP contribution >= 0.6 is 0 Å². The highest BCUT2D eigenvalue weighted by atomic mass is 28.4. The van der Waals surface area contributed by atoms with Crippen LogP contribution in [0.4, 0.5) is 4.79 Å². The molecule has 0 aliphatic heterocycles. The summed E-state index contributed by atoms with van der Waals surface area (Å²) in [5, 5.41) is 2.85. The van der Waals surface area contributed by atoms with Gasteiger partial charge in [0.05, 0.1) is 7.11 Å². The van der Waals surface area contributed by atoms with E-state index >= 15 is 0 Å². The van der Waals surface area contributed by atoms with Gasteiger partial charge in [-0.3, -0.25) is 0 Å². The zero-order chi connectivity index (χ0) is 34.0. The minimum absolute atomic E-state index is 0.0277. The number of hydrogen-bond acceptors (Lipinski definition) is 7. The lowest BCUT2D eigenvalue weighted by Gasteiger charge is -2.38. The van der Waals surface area contributed by atoms with Crippen molar-refractivity contribution in [1.82, 2.24) is 5.32 Å². The van der Waals surface area contributed by atoms with E-state index in [1.807, 2.05) is 78.9 Å². The molecule has 0 fully saturated rings. The van der Waals surface area contributed by atoms with E-state index in [0.29, 0.717) is 24.7 Å². The summed E-state index contributed by atoms with van der Waals surface area (Å²) in [6.45, 7) is 17.0. The second-order valence-corrected chi connectivity index (χ2v) is 18.9. The maximum atomic E-state index is 13.6. The lowest BCUT2D eigenvalue weighted by Crippen LogP contribution is -2.58. The van der Waals surface area contributed by atoms with Crippen molar-refractivity contribution in [3.63, 3.8) is 0 Å². The molecule has 0 aliphatic rings. The van der Waals surface area contributed by atoms with Crippen molar-refractivity contribution in [3.05, 3.63) is 95.6 Å². The summed E-state index contributed by atoms with van der Waals surface area (Å²) in [5.74, 6) is 0.493. The van der Waals surface area contributed by atoms with Crippen LogP contribution in [0, 0.1) is 0 Å². The van der Waals surface area contributed by atoms with E-state index in [0.717, 1.165) is 16.7 Å². The maximum Gasteiger partial charge on any atom is 0.408 e. The van der Waals surface area contributed by atoms with Crippen molar-refractivity contribution in [2.24, 2.45) is 0 Å². The van der Waals surface area contributed by atoms with Gasteiger partial charge in [-0.1, -0.05) is 87.5 Å². The van der Waals surface area contributed by atoms with Crippen LogP contribution in [0.25, 0.3) is 0 Å². The molecule has 250 valence electrons. The van der Waals surface area contributed by atoms with E-state index in [1.54, 1.807) is 20.8 Å². The normalized spacial score (nSPS) is 13.3. The van der Waals surface area contributed by atoms with Gasteiger partial charge in [-0.05, 0) is 67.7 Å². The molecule has 0 saturated heterocycles. The smallest absolute Gasteiger partial charge is 0.408 e. The van der Waals surface area contributed by atoms with Crippen LogP contribution in [-0.2, 0) is 38.3 Å². The van der Waals surface area contributed by atoms with Crippen LogP contribution in [0.15, 0.2) is 78.9 Å². The predicted molar refractivity (Wildman–Crippen MR) is 184 cm³/mol. The monoisotopic (exact) mass is 649 g/mol.